The van der Waals surface area contributed by atoms with Crippen LogP contribution in [0.1, 0.15) is 66.9 Å². The highest BCUT2D eigenvalue weighted by molar-refractivity contribution is 7.90. The van der Waals surface area contributed by atoms with Gasteiger partial charge in [-0.1, -0.05) is 36.7 Å². The van der Waals surface area contributed by atoms with Crippen molar-refractivity contribution in [1.29, 1.82) is 0 Å². The van der Waals surface area contributed by atoms with E-state index in [4.69, 9.17) is 25.8 Å². The second-order valence-corrected chi connectivity index (χ2v) is 15.8. The summed E-state index contributed by atoms with van der Waals surface area (Å²) in [6, 6.07) is 11.3. The quantitative estimate of drug-likeness (QED) is 0.340. The lowest BCUT2D eigenvalue weighted by Crippen LogP contribution is -2.49. The average molecular weight is 671 g/mol. The Bertz CT molecular complexity index is 1630. The molecule has 11 heteroatoms. The number of nitrogens with zero attached hydrogens (tertiary/aromatic N) is 1. The first-order valence-corrected chi connectivity index (χ1v) is 18.1. The average Bonchev–Trinajstić information content (AvgIpc) is 3.17. The molecule has 0 unspecified atom stereocenters. The van der Waals surface area contributed by atoms with Gasteiger partial charge in [0.1, 0.15) is 5.75 Å². The van der Waals surface area contributed by atoms with Gasteiger partial charge in [0.15, 0.2) is 0 Å². The van der Waals surface area contributed by atoms with E-state index in [0.717, 1.165) is 49.4 Å². The third kappa shape index (κ3) is 6.40. The van der Waals surface area contributed by atoms with Crippen LogP contribution in [0, 0.1) is 17.8 Å². The summed E-state index contributed by atoms with van der Waals surface area (Å²) < 4.78 is 46.9. The van der Waals surface area contributed by atoms with Crippen molar-refractivity contribution in [3.8, 4) is 5.75 Å². The van der Waals surface area contributed by atoms with Gasteiger partial charge in [-0.3, -0.25) is 9.59 Å². The Morgan fingerprint density at radius 1 is 1.17 bits per heavy atom. The number of hydrogen-bond acceptors (Lipinski definition) is 8. The maximum atomic E-state index is 13.7. The van der Waals surface area contributed by atoms with Crippen LogP contribution in [0.25, 0.3) is 0 Å². The Morgan fingerprint density at radius 2 is 2.00 bits per heavy atom. The molecule has 6 atom stereocenters. The van der Waals surface area contributed by atoms with Crippen LogP contribution in [0.5, 0.6) is 5.75 Å². The van der Waals surface area contributed by atoms with E-state index in [-0.39, 0.29) is 29.4 Å². The second-order valence-electron chi connectivity index (χ2n) is 13.4. The number of fused-ring (bicyclic) bond motifs is 4. The van der Waals surface area contributed by atoms with Gasteiger partial charge in [-0.15, -0.1) is 0 Å². The number of nitrogens with one attached hydrogen (secondary N) is 1. The molecule has 2 aromatic carbocycles. The van der Waals surface area contributed by atoms with E-state index in [9.17, 15) is 18.0 Å². The Hall–Kier alpha value is -3.08. The predicted octanol–water partition coefficient (Wildman–Crippen LogP) is 5.44. The number of aryl methyl sites for hydroxylation is 1. The number of amides is 1. The van der Waals surface area contributed by atoms with Crippen molar-refractivity contribution >= 4 is 39.2 Å². The summed E-state index contributed by atoms with van der Waals surface area (Å²) in [4.78, 5) is 28.2. The minimum absolute atomic E-state index is 0.130. The molecule has 2 heterocycles. The highest BCUT2D eigenvalue weighted by Crippen LogP contribution is 2.47. The molecule has 0 saturated heterocycles. The number of allylic oxidation sites excluding steroid dienone is 1. The van der Waals surface area contributed by atoms with Gasteiger partial charge >= 0.3 is 5.97 Å². The number of esters is 1. The Morgan fingerprint density at radius 3 is 2.74 bits per heavy atom. The van der Waals surface area contributed by atoms with Crippen LogP contribution in [-0.2, 0) is 36.1 Å². The number of methoxy groups -OCH3 is 2. The van der Waals surface area contributed by atoms with Crippen molar-refractivity contribution in [3.63, 3.8) is 0 Å². The fourth-order valence-electron chi connectivity index (χ4n) is 7.90. The number of carbonyl (C=O) groups is 2. The largest absolute Gasteiger partial charge is 0.490 e. The SMILES string of the molecule is COC(=O)C[C@@H]1[C@H](C)C/C=C/[C@H](OC)[C@@H]2CC[C@H]2CN2C[C@@]3(CCCc4cc(Cl)ccc43)COc3ccc(cc32)C(=O)NS1(=O)=O. The van der Waals surface area contributed by atoms with E-state index in [0.29, 0.717) is 31.2 Å². The third-order valence-electron chi connectivity index (χ3n) is 10.6. The van der Waals surface area contributed by atoms with Crippen LogP contribution in [0.15, 0.2) is 48.6 Å². The summed E-state index contributed by atoms with van der Waals surface area (Å²) >= 11 is 6.41. The number of sulfonamides is 1. The Balaban J connectivity index is 1.42. The number of rotatable bonds is 3. The second kappa shape index (κ2) is 13.2. The van der Waals surface area contributed by atoms with Gasteiger partial charge < -0.3 is 19.1 Å². The van der Waals surface area contributed by atoms with Crippen molar-refractivity contribution < 1.29 is 32.2 Å². The molecule has 0 radical (unpaired) electrons. The van der Waals surface area contributed by atoms with E-state index >= 15 is 0 Å². The van der Waals surface area contributed by atoms with Gasteiger partial charge in [0.2, 0.25) is 10.0 Å². The van der Waals surface area contributed by atoms with Crippen molar-refractivity contribution in [2.24, 2.45) is 17.8 Å². The summed E-state index contributed by atoms with van der Waals surface area (Å²) in [5, 5.41) is -0.442. The molecular weight excluding hydrogens is 628 g/mol. The summed E-state index contributed by atoms with van der Waals surface area (Å²) in [7, 11) is -1.32. The van der Waals surface area contributed by atoms with Crippen LogP contribution in [0.2, 0.25) is 5.02 Å². The molecule has 1 amide bonds. The number of ether oxygens (including phenoxy) is 3. The molecule has 1 saturated carbocycles. The standard InChI is InChI=1S/C35H43ClN2O7S/c1-22-6-4-8-30(43-2)27-12-9-25(27)19-38-20-35(15-5-7-23-16-26(36)11-13-28(23)35)21-45-31-14-10-24(17-29(31)38)34(40)37-46(41,42)32(22)18-33(39)44-3/h4,8,10-11,13-14,16-17,22,25,27,30,32H,5-7,9,12,15,18-21H2,1-3H3,(H,37,40)/b8-4+/t22-,25+,27-,30+,32-,35+/m1/s1. The molecule has 2 aromatic rings. The highest BCUT2D eigenvalue weighted by Gasteiger charge is 2.44. The molecule has 1 spiro atoms. The lowest BCUT2D eigenvalue weighted by atomic mass is 9.68. The minimum atomic E-state index is -4.25. The smallest absolute Gasteiger partial charge is 0.306 e. The van der Waals surface area contributed by atoms with E-state index < -0.39 is 33.1 Å². The fraction of sp³-hybridized carbons (Fsp3) is 0.543. The minimum Gasteiger partial charge on any atom is -0.490 e. The van der Waals surface area contributed by atoms with Gasteiger partial charge in [0, 0.05) is 36.2 Å². The summed E-state index contributed by atoms with van der Waals surface area (Å²) in [5.74, 6) is -0.574. The van der Waals surface area contributed by atoms with Crippen molar-refractivity contribution in [1.82, 2.24) is 4.72 Å². The first-order valence-electron chi connectivity index (χ1n) is 16.2. The highest BCUT2D eigenvalue weighted by atomic mass is 35.5. The molecule has 1 N–H and O–H groups in total. The Kier molecular flexibility index (Phi) is 9.43. The zero-order valence-corrected chi connectivity index (χ0v) is 28.2. The first kappa shape index (κ1) is 32.8. The van der Waals surface area contributed by atoms with Crippen LogP contribution in [-0.4, -0.2) is 65.6 Å². The Labute approximate surface area is 276 Å². The first-order chi connectivity index (χ1) is 22.0. The lowest BCUT2D eigenvalue weighted by molar-refractivity contribution is -0.140. The van der Waals surface area contributed by atoms with Crippen LogP contribution < -0.4 is 14.4 Å². The van der Waals surface area contributed by atoms with Crippen molar-refractivity contribution in [2.75, 3.05) is 38.8 Å². The van der Waals surface area contributed by atoms with Gasteiger partial charge in [-0.05, 0) is 97.7 Å². The van der Waals surface area contributed by atoms with Crippen molar-refractivity contribution in [3.05, 3.63) is 70.3 Å². The third-order valence-corrected chi connectivity index (χ3v) is 12.8. The van der Waals surface area contributed by atoms with Gasteiger partial charge in [0.05, 0.1) is 37.2 Å². The number of anilines is 1. The summed E-state index contributed by atoms with van der Waals surface area (Å²) in [5.41, 5.74) is 3.19. The van der Waals surface area contributed by atoms with E-state index in [1.165, 1.54) is 18.2 Å². The van der Waals surface area contributed by atoms with E-state index in [2.05, 4.69) is 21.8 Å². The number of hydrogen-bond donors (Lipinski definition) is 1. The number of halogens is 1. The zero-order chi connectivity index (χ0) is 32.6. The summed E-state index contributed by atoms with van der Waals surface area (Å²) in [6.45, 7) is 3.69. The predicted molar refractivity (Wildman–Crippen MR) is 177 cm³/mol. The number of benzene rings is 2. The maximum Gasteiger partial charge on any atom is 0.306 e. The summed E-state index contributed by atoms with van der Waals surface area (Å²) in [6.07, 6.45) is 8.88. The molecular formula is C35H43ClN2O7S. The molecule has 2 aliphatic carbocycles. The molecule has 9 nitrogen and oxygen atoms in total. The molecule has 4 aliphatic rings. The van der Waals surface area contributed by atoms with E-state index in [1.807, 2.05) is 18.2 Å². The lowest BCUT2D eigenvalue weighted by Gasteiger charge is -2.46. The van der Waals surface area contributed by atoms with Crippen LogP contribution in [0.4, 0.5) is 5.69 Å². The van der Waals surface area contributed by atoms with Crippen LogP contribution >= 0.6 is 11.6 Å². The molecule has 248 valence electrons. The monoisotopic (exact) mass is 670 g/mol. The number of carbonyl (C=O) groups excluding carboxylic acids is 2. The normalized spacial score (nSPS) is 31.3. The maximum absolute atomic E-state index is 13.7. The fourth-order valence-corrected chi connectivity index (χ4v) is 9.70. The van der Waals surface area contributed by atoms with Crippen LogP contribution in [0.3, 0.4) is 0 Å². The van der Waals surface area contributed by atoms with E-state index in [1.54, 1.807) is 32.2 Å². The zero-order valence-electron chi connectivity index (χ0n) is 26.7. The molecule has 2 bridgehead atoms. The van der Waals surface area contributed by atoms with Gasteiger partial charge in [-0.25, -0.2) is 13.1 Å². The molecule has 6 rings (SSSR count). The molecule has 1 fully saturated rings. The molecule has 0 aromatic heterocycles. The topological polar surface area (TPSA) is 111 Å². The van der Waals surface area contributed by atoms with Gasteiger partial charge in [0.25, 0.3) is 5.91 Å². The molecule has 46 heavy (non-hydrogen) atoms. The van der Waals surface area contributed by atoms with Crippen molar-refractivity contribution in [2.45, 2.75) is 68.6 Å². The molecule has 2 aliphatic heterocycles. The van der Waals surface area contributed by atoms with Gasteiger partial charge in [-0.2, -0.15) is 0 Å².